The van der Waals surface area contributed by atoms with Crippen molar-refractivity contribution < 1.29 is 5.11 Å². The molecule has 0 spiro atoms. The maximum atomic E-state index is 9.15. The van der Waals surface area contributed by atoms with E-state index in [1.165, 1.54) is 10.6 Å². The molecule has 2 rings (SSSR count). The van der Waals surface area contributed by atoms with Gasteiger partial charge in [-0.2, -0.15) is 5.10 Å². The van der Waals surface area contributed by atoms with Crippen LogP contribution in [0.1, 0.15) is 5.69 Å². The van der Waals surface area contributed by atoms with Gasteiger partial charge in [-0.25, -0.2) is 0 Å². The van der Waals surface area contributed by atoms with Crippen LogP contribution < -0.4 is 0 Å². The molecule has 0 aliphatic rings. The Bertz CT molecular complexity index is 450. The molecule has 0 fully saturated rings. The van der Waals surface area contributed by atoms with Crippen LogP contribution in [0, 0.1) is 0 Å². The lowest BCUT2D eigenvalue weighted by Gasteiger charge is -2.02. The van der Waals surface area contributed by atoms with Crippen molar-refractivity contribution in [3.8, 4) is 5.75 Å². The first-order chi connectivity index (χ1) is 7.75. The first kappa shape index (κ1) is 11.1. The van der Waals surface area contributed by atoms with Gasteiger partial charge in [0.05, 0.1) is 0 Å². The molecule has 3 nitrogen and oxygen atoms in total. The van der Waals surface area contributed by atoms with Crippen LogP contribution in [0.3, 0.4) is 0 Å². The lowest BCUT2D eigenvalue weighted by molar-refractivity contribution is 0.475. The normalized spacial score (nSPS) is 10.6. The molecule has 1 aromatic carbocycles. The Labute approximate surface area is 99.1 Å². The maximum absolute atomic E-state index is 9.15. The fourth-order valence-electron chi connectivity index (χ4n) is 1.46. The van der Waals surface area contributed by atoms with Gasteiger partial charge in [0.15, 0.2) is 0 Å². The Morgan fingerprint density at radius 2 is 2.00 bits per heavy atom. The monoisotopic (exact) mass is 234 g/mol. The number of thioether (sulfide) groups is 1. The molecule has 16 heavy (non-hydrogen) atoms. The van der Waals surface area contributed by atoms with Crippen molar-refractivity contribution in [2.75, 3.05) is 5.75 Å². The number of phenolic OH excluding ortho intramolecular Hbond substituents is 1. The molecule has 2 aromatic rings. The third-order valence-corrected chi connectivity index (χ3v) is 3.40. The molecule has 0 aliphatic carbocycles. The minimum atomic E-state index is 0.316. The van der Waals surface area contributed by atoms with Crippen molar-refractivity contribution in [1.29, 1.82) is 0 Å². The zero-order valence-electron chi connectivity index (χ0n) is 9.13. The molecule has 84 valence electrons. The number of aromatic nitrogens is 2. The third kappa shape index (κ3) is 2.79. The predicted octanol–water partition coefficient (Wildman–Crippen LogP) is 2.46. The summed E-state index contributed by atoms with van der Waals surface area (Å²) in [5.41, 5.74) is 1.24. The molecule has 1 aromatic heterocycles. The van der Waals surface area contributed by atoms with Crippen LogP contribution >= 0.6 is 11.8 Å². The SMILES string of the molecule is Cn1nccc1CCSc1ccc(O)cc1. The third-order valence-electron chi connectivity index (χ3n) is 2.39. The number of aryl methyl sites for hydroxylation is 2. The summed E-state index contributed by atoms with van der Waals surface area (Å²) in [6.07, 6.45) is 2.82. The Morgan fingerprint density at radius 1 is 1.25 bits per heavy atom. The number of nitrogens with zero attached hydrogens (tertiary/aromatic N) is 2. The Hall–Kier alpha value is -1.42. The average molecular weight is 234 g/mol. The van der Waals surface area contributed by atoms with Crippen molar-refractivity contribution in [1.82, 2.24) is 9.78 Å². The summed E-state index contributed by atoms with van der Waals surface area (Å²) in [7, 11) is 1.96. The number of hydrogen-bond donors (Lipinski definition) is 1. The first-order valence-corrected chi connectivity index (χ1v) is 6.13. The Morgan fingerprint density at radius 3 is 2.62 bits per heavy atom. The molecular weight excluding hydrogens is 220 g/mol. The van der Waals surface area contributed by atoms with E-state index in [1.807, 2.05) is 36.1 Å². The summed E-state index contributed by atoms with van der Waals surface area (Å²) in [6, 6.07) is 9.34. The van der Waals surface area contributed by atoms with Crippen LogP contribution in [-0.4, -0.2) is 20.6 Å². The number of phenols is 1. The number of aromatic hydroxyl groups is 1. The summed E-state index contributed by atoms with van der Waals surface area (Å²) >= 11 is 1.78. The van der Waals surface area contributed by atoms with Crippen molar-refractivity contribution in [3.63, 3.8) is 0 Å². The second-order valence-corrected chi connectivity index (χ2v) is 4.71. The topological polar surface area (TPSA) is 38.0 Å². The number of hydrogen-bond acceptors (Lipinski definition) is 3. The highest BCUT2D eigenvalue weighted by molar-refractivity contribution is 7.99. The lowest BCUT2D eigenvalue weighted by atomic mass is 10.3. The van der Waals surface area contributed by atoms with Gasteiger partial charge in [-0.1, -0.05) is 0 Å². The molecule has 0 bridgehead atoms. The fourth-order valence-corrected chi connectivity index (χ4v) is 2.34. The average Bonchev–Trinajstić information content (AvgIpc) is 2.68. The van der Waals surface area contributed by atoms with Crippen LogP contribution in [0.25, 0.3) is 0 Å². The minimum absolute atomic E-state index is 0.316. The van der Waals surface area contributed by atoms with Gasteiger partial charge in [0.25, 0.3) is 0 Å². The second kappa shape index (κ2) is 5.07. The zero-order valence-corrected chi connectivity index (χ0v) is 9.94. The van der Waals surface area contributed by atoms with E-state index in [1.54, 1.807) is 23.9 Å². The van der Waals surface area contributed by atoms with Crippen molar-refractivity contribution in [2.45, 2.75) is 11.3 Å². The largest absolute Gasteiger partial charge is 0.508 e. The predicted molar refractivity (Wildman–Crippen MR) is 65.7 cm³/mol. The van der Waals surface area contributed by atoms with E-state index in [0.29, 0.717) is 5.75 Å². The van der Waals surface area contributed by atoms with E-state index in [-0.39, 0.29) is 0 Å². The molecule has 0 amide bonds. The van der Waals surface area contributed by atoms with Crippen LogP contribution in [0.2, 0.25) is 0 Å². The molecule has 0 atom stereocenters. The molecule has 0 aliphatic heterocycles. The summed E-state index contributed by atoms with van der Waals surface area (Å²) in [4.78, 5) is 1.18. The molecule has 4 heteroatoms. The standard InChI is InChI=1S/C12H14N2OS/c1-14-10(6-8-13-14)7-9-16-12-4-2-11(15)3-5-12/h2-6,8,15H,7,9H2,1H3. The van der Waals surface area contributed by atoms with E-state index in [4.69, 9.17) is 5.11 Å². The number of benzene rings is 1. The Kier molecular flexibility index (Phi) is 3.51. The molecule has 0 radical (unpaired) electrons. The quantitative estimate of drug-likeness (QED) is 0.826. The van der Waals surface area contributed by atoms with Crippen LogP contribution in [0.4, 0.5) is 0 Å². The van der Waals surface area contributed by atoms with Gasteiger partial charge in [-0.15, -0.1) is 11.8 Å². The molecule has 0 unspecified atom stereocenters. The van der Waals surface area contributed by atoms with Gasteiger partial charge in [-0.05, 0) is 36.8 Å². The smallest absolute Gasteiger partial charge is 0.115 e. The highest BCUT2D eigenvalue weighted by atomic mass is 32.2. The van der Waals surface area contributed by atoms with Gasteiger partial charge in [-0.3, -0.25) is 4.68 Å². The maximum Gasteiger partial charge on any atom is 0.115 e. The summed E-state index contributed by atoms with van der Waals surface area (Å²) in [5.74, 6) is 1.33. The molecule has 0 saturated heterocycles. The van der Waals surface area contributed by atoms with Crippen molar-refractivity contribution in [2.24, 2.45) is 7.05 Å². The lowest BCUT2D eigenvalue weighted by Crippen LogP contribution is -1.99. The summed E-state index contributed by atoms with van der Waals surface area (Å²) in [5, 5.41) is 13.3. The molecule has 1 N–H and O–H groups in total. The first-order valence-electron chi connectivity index (χ1n) is 5.14. The van der Waals surface area contributed by atoms with Gasteiger partial charge in [0.1, 0.15) is 5.75 Å². The highest BCUT2D eigenvalue weighted by Crippen LogP contribution is 2.21. The van der Waals surface area contributed by atoms with Gasteiger partial charge >= 0.3 is 0 Å². The van der Waals surface area contributed by atoms with Crippen LogP contribution in [0.15, 0.2) is 41.4 Å². The fraction of sp³-hybridized carbons (Fsp3) is 0.250. The molecular formula is C12H14N2OS. The minimum Gasteiger partial charge on any atom is -0.508 e. The van der Waals surface area contributed by atoms with E-state index in [2.05, 4.69) is 5.10 Å². The summed E-state index contributed by atoms with van der Waals surface area (Å²) < 4.78 is 1.90. The van der Waals surface area contributed by atoms with E-state index in [9.17, 15) is 0 Å². The zero-order chi connectivity index (χ0) is 11.4. The highest BCUT2D eigenvalue weighted by Gasteiger charge is 1.99. The van der Waals surface area contributed by atoms with E-state index < -0.39 is 0 Å². The van der Waals surface area contributed by atoms with E-state index in [0.717, 1.165) is 12.2 Å². The van der Waals surface area contributed by atoms with E-state index >= 15 is 0 Å². The van der Waals surface area contributed by atoms with Crippen LogP contribution in [0.5, 0.6) is 5.75 Å². The Balaban J connectivity index is 1.84. The second-order valence-electron chi connectivity index (χ2n) is 3.54. The van der Waals surface area contributed by atoms with Crippen LogP contribution in [-0.2, 0) is 13.5 Å². The van der Waals surface area contributed by atoms with Crippen molar-refractivity contribution in [3.05, 3.63) is 42.2 Å². The van der Waals surface area contributed by atoms with Crippen molar-refractivity contribution >= 4 is 11.8 Å². The van der Waals surface area contributed by atoms with Gasteiger partial charge in [0, 0.05) is 29.6 Å². The molecule has 1 heterocycles. The van der Waals surface area contributed by atoms with Gasteiger partial charge in [0.2, 0.25) is 0 Å². The number of rotatable bonds is 4. The van der Waals surface area contributed by atoms with Gasteiger partial charge < -0.3 is 5.11 Å². The summed E-state index contributed by atoms with van der Waals surface area (Å²) in [6.45, 7) is 0. The molecule has 0 saturated carbocycles.